The average Bonchev–Trinajstić information content (AvgIpc) is 2.89. The minimum absolute atomic E-state index is 0.0722. The first-order valence-corrected chi connectivity index (χ1v) is 15.5. The van der Waals surface area contributed by atoms with E-state index in [9.17, 15) is 9.59 Å². The number of unbranched alkanes of at least 4 members (excludes halogenated alkanes) is 22. The van der Waals surface area contributed by atoms with Crippen molar-refractivity contribution in [1.82, 2.24) is 0 Å². The van der Waals surface area contributed by atoms with Crippen LogP contribution in [0, 0.1) is 0 Å². The van der Waals surface area contributed by atoms with E-state index in [1.54, 1.807) is 0 Å². The molecule has 0 heterocycles. The zero-order chi connectivity index (χ0) is 26.4. The molecule has 0 aromatic rings. The molecule has 0 fully saturated rings. The second-order valence-electron chi connectivity index (χ2n) is 10.5. The fraction of sp³-hybridized carbons (Fsp3) is 0.875. The lowest BCUT2D eigenvalue weighted by molar-refractivity contribution is -0.141. The summed E-state index contributed by atoms with van der Waals surface area (Å²) < 4.78 is 9.33. The van der Waals surface area contributed by atoms with Gasteiger partial charge in [0.2, 0.25) is 0 Å². The molecule has 0 spiro atoms. The molecule has 0 N–H and O–H groups in total. The van der Waals surface area contributed by atoms with Crippen LogP contribution in [0.3, 0.4) is 0 Å². The number of rotatable bonds is 28. The number of ether oxygens (including phenoxy) is 2. The lowest BCUT2D eigenvalue weighted by atomic mass is 10.0. The van der Waals surface area contributed by atoms with Gasteiger partial charge in [-0.1, -0.05) is 128 Å². The first-order chi connectivity index (χ1) is 17.7. The van der Waals surface area contributed by atoms with Gasteiger partial charge in [0.15, 0.2) is 0 Å². The first kappa shape index (κ1) is 34.7. The highest BCUT2D eigenvalue weighted by Crippen LogP contribution is 2.14. The summed E-state index contributed by atoms with van der Waals surface area (Å²) in [6, 6.07) is 0. The number of esters is 2. The Morgan fingerprint density at radius 2 is 0.611 bits per heavy atom. The molecule has 0 amide bonds. The standard InChI is InChI=1S/C32H60O4/c1-35-31(33)29-27-25-23-21-19-17-15-13-11-9-7-5-3-4-6-8-10-12-14-16-18-20-22-24-26-28-30-32(34)36-2/h3-4H,5-30H2,1-2H3/b4-3+. The topological polar surface area (TPSA) is 52.6 Å². The summed E-state index contributed by atoms with van der Waals surface area (Å²) in [7, 11) is 2.93. The van der Waals surface area contributed by atoms with Crippen LogP contribution in [0.2, 0.25) is 0 Å². The molecule has 0 unspecified atom stereocenters. The third-order valence-corrected chi connectivity index (χ3v) is 7.13. The van der Waals surface area contributed by atoms with Crippen LogP contribution in [0.1, 0.15) is 167 Å². The highest BCUT2D eigenvalue weighted by Gasteiger charge is 2.00. The van der Waals surface area contributed by atoms with Gasteiger partial charge in [-0.3, -0.25) is 9.59 Å². The average molecular weight is 509 g/mol. The van der Waals surface area contributed by atoms with Gasteiger partial charge in [-0.25, -0.2) is 0 Å². The highest BCUT2D eigenvalue weighted by molar-refractivity contribution is 5.69. The molecule has 0 atom stereocenters. The number of hydrogen-bond acceptors (Lipinski definition) is 4. The second kappa shape index (κ2) is 29.9. The van der Waals surface area contributed by atoms with Gasteiger partial charge in [0.1, 0.15) is 0 Å². The van der Waals surface area contributed by atoms with Gasteiger partial charge < -0.3 is 9.47 Å². The molecule has 0 saturated heterocycles. The summed E-state index contributed by atoms with van der Waals surface area (Å²) in [5.41, 5.74) is 0. The molecule has 0 aliphatic rings. The van der Waals surface area contributed by atoms with Crippen molar-refractivity contribution in [3.8, 4) is 0 Å². The van der Waals surface area contributed by atoms with Gasteiger partial charge in [0, 0.05) is 12.8 Å². The first-order valence-electron chi connectivity index (χ1n) is 15.5. The van der Waals surface area contributed by atoms with E-state index in [0.29, 0.717) is 12.8 Å². The van der Waals surface area contributed by atoms with E-state index in [1.807, 2.05) is 0 Å². The Kier molecular flexibility index (Phi) is 28.8. The molecular weight excluding hydrogens is 448 g/mol. The predicted molar refractivity (Wildman–Crippen MR) is 153 cm³/mol. The van der Waals surface area contributed by atoms with Crippen LogP contribution in [0.4, 0.5) is 0 Å². The monoisotopic (exact) mass is 508 g/mol. The number of carbonyl (C=O) groups excluding carboxylic acids is 2. The molecule has 0 aromatic carbocycles. The Labute approximate surface area is 224 Å². The number of hydrogen-bond donors (Lipinski definition) is 0. The second-order valence-corrected chi connectivity index (χ2v) is 10.5. The van der Waals surface area contributed by atoms with Gasteiger partial charge in [0.25, 0.3) is 0 Å². The van der Waals surface area contributed by atoms with Gasteiger partial charge in [-0.2, -0.15) is 0 Å². The summed E-state index contributed by atoms with van der Waals surface area (Å²) in [6.45, 7) is 0. The summed E-state index contributed by atoms with van der Waals surface area (Å²) >= 11 is 0. The Balaban J connectivity index is 3.13. The lowest BCUT2D eigenvalue weighted by Gasteiger charge is -2.03. The Bertz CT molecular complexity index is 456. The van der Waals surface area contributed by atoms with E-state index < -0.39 is 0 Å². The Hall–Kier alpha value is -1.32. The molecule has 212 valence electrons. The van der Waals surface area contributed by atoms with Gasteiger partial charge in [-0.05, 0) is 38.5 Å². The van der Waals surface area contributed by atoms with Crippen molar-refractivity contribution in [2.24, 2.45) is 0 Å². The maximum absolute atomic E-state index is 11.0. The van der Waals surface area contributed by atoms with E-state index >= 15 is 0 Å². The minimum atomic E-state index is -0.0722. The molecule has 36 heavy (non-hydrogen) atoms. The zero-order valence-corrected chi connectivity index (χ0v) is 24.2. The summed E-state index contributed by atoms with van der Waals surface area (Å²) in [5.74, 6) is -0.144. The van der Waals surface area contributed by atoms with E-state index in [1.165, 1.54) is 143 Å². The fourth-order valence-corrected chi connectivity index (χ4v) is 4.68. The summed E-state index contributed by atoms with van der Waals surface area (Å²) in [4.78, 5) is 22.1. The van der Waals surface area contributed by atoms with Crippen LogP contribution >= 0.6 is 0 Å². The van der Waals surface area contributed by atoms with Crippen LogP contribution < -0.4 is 0 Å². The lowest BCUT2D eigenvalue weighted by Crippen LogP contribution is -1.99. The van der Waals surface area contributed by atoms with Crippen molar-refractivity contribution >= 4 is 11.9 Å². The molecule has 4 heteroatoms. The summed E-state index contributed by atoms with van der Waals surface area (Å²) in [6.07, 6.45) is 37.1. The predicted octanol–water partition coefficient (Wildman–Crippen LogP) is 10.0. The maximum atomic E-state index is 11.0. The van der Waals surface area contributed by atoms with Crippen molar-refractivity contribution in [3.63, 3.8) is 0 Å². The van der Waals surface area contributed by atoms with Crippen LogP contribution in [0.25, 0.3) is 0 Å². The molecule has 0 radical (unpaired) electrons. The molecule has 0 saturated carbocycles. The third-order valence-electron chi connectivity index (χ3n) is 7.13. The quantitative estimate of drug-likeness (QED) is 0.0599. The smallest absolute Gasteiger partial charge is 0.305 e. The van der Waals surface area contributed by atoms with Crippen molar-refractivity contribution in [1.29, 1.82) is 0 Å². The van der Waals surface area contributed by atoms with Crippen molar-refractivity contribution in [2.45, 2.75) is 167 Å². The van der Waals surface area contributed by atoms with Gasteiger partial charge in [-0.15, -0.1) is 0 Å². The summed E-state index contributed by atoms with van der Waals surface area (Å²) in [5, 5.41) is 0. The molecule has 0 rings (SSSR count). The van der Waals surface area contributed by atoms with Crippen LogP contribution in [0.15, 0.2) is 12.2 Å². The Morgan fingerprint density at radius 1 is 0.389 bits per heavy atom. The SMILES string of the molecule is COC(=O)CCCCCCCCCCCCC/C=C/CCCCCCCCCCCCCC(=O)OC. The maximum Gasteiger partial charge on any atom is 0.305 e. The molecule has 0 aliphatic carbocycles. The third kappa shape index (κ3) is 28.9. The molecule has 0 bridgehead atoms. The fourth-order valence-electron chi connectivity index (χ4n) is 4.68. The number of allylic oxidation sites excluding steroid dienone is 2. The van der Waals surface area contributed by atoms with Crippen molar-refractivity contribution < 1.29 is 19.1 Å². The van der Waals surface area contributed by atoms with Gasteiger partial charge in [0.05, 0.1) is 14.2 Å². The zero-order valence-electron chi connectivity index (χ0n) is 24.2. The van der Waals surface area contributed by atoms with Crippen LogP contribution in [0.5, 0.6) is 0 Å². The van der Waals surface area contributed by atoms with E-state index in [0.717, 1.165) is 25.7 Å². The van der Waals surface area contributed by atoms with E-state index in [-0.39, 0.29) is 11.9 Å². The molecule has 0 aromatic heterocycles. The Morgan fingerprint density at radius 3 is 0.861 bits per heavy atom. The molecule has 4 nitrogen and oxygen atoms in total. The molecular formula is C32H60O4. The number of methoxy groups -OCH3 is 2. The largest absolute Gasteiger partial charge is 0.469 e. The van der Waals surface area contributed by atoms with E-state index in [4.69, 9.17) is 0 Å². The number of carbonyl (C=O) groups is 2. The van der Waals surface area contributed by atoms with Gasteiger partial charge >= 0.3 is 11.9 Å². The van der Waals surface area contributed by atoms with Crippen LogP contribution in [-0.2, 0) is 19.1 Å². The van der Waals surface area contributed by atoms with E-state index in [2.05, 4.69) is 21.6 Å². The normalized spacial score (nSPS) is 11.3. The van der Waals surface area contributed by atoms with Crippen molar-refractivity contribution in [3.05, 3.63) is 12.2 Å². The minimum Gasteiger partial charge on any atom is -0.469 e. The van der Waals surface area contributed by atoms with Crippen molar-refractivity contribution in [2.75, 3.05) is 14.2 Å². The highest BCUT2D eigenvalue weighted by atomic mass is 16.5. The van der Waals surface area contributed by atoms with Crippen LogP contribution in [-0.4, -0.2) is 26.2 Å². The molecule has 0 aliphatic heterocycles.